The van der Waals surface area contributed by atoms with Gasteiger partial charge >= 0.3 is 0 Å². The third-order valence-electron chi connectivity index (χ3n) is 3.27. The summed E-state index contributed by atoms with van der Waals surface area (Å²) < 4.78 is 0. The lowest BCUT2D eigenvalue weighted by Crippen LogP contribution is -2.48. The Morgan fingerprint density at radius 1 is 1.24 bits per heavy atom. The highest BCUT2D eigenvalue weighted by atomic mass is 32.2. The van der Waals surface area contributed by atoms with Crippen LogP contribution in [0.1, 0.15) is 46.1 Å². The molecule has 2 rings (SSSR count). The van der Waals surface area contributed by atoms with Crippen molar-refractivity contribution >= 4 is 22.8 Å². The van der Waals surface area contributed by atoms with Gasteiger partial charge in [0.1, 0.15) is 0 Å². The first-order valence-electron chi connectivity index (χ1n) is 7.40. The molecule has 1 fully saturated rings. The number of hydrogen-bond acceptors (Lipinski definition) is 3. The molecule has 1 amide bonds. The van der Waals surface area contributed by atoms with Crippen LogP contribution < -0.4 is 0 Å². The number of hydrogen-bond donors (Lipinski definition) is 0. The third kappa shape index (κ3) is 3.88. The van der Waals surface area contributed by atoms with Gasteiger partial charge in [-0.05, 0) is 40.2 Å². The van der Waals surface area contributed by atoms with Crippen LogP contribution in [0.3, 0.4) is 0 Å². The first kappa shape index (κ1) is 16.1. The molecule has 0 aromatic heterocycles. The molecule has 0 spiro atoms. The van der Waals surface area contributed by atoms with Gasteiger partial charge in [0, 0.05) is 11.8 Å². The van der Waals surface area contributed by atoms with Crippen LogP contribution in [0.4, 0.5) is 0 Å². The summed E-state index contributed by atoms with van der Waals surface area (Å²) in [7, 11) is 0. The molecule has 1 aromatic rings. The maximum absolute atomic E-state index is 12.9. The van der Waals surface area contributed by atoms with Crippen molar-refractivity contribution in [2.24, 2.45) is 4.99 Å². The van der Waals surface area contributed by atoms with Crippen molar-refractivity contribution in [3.63, 3.8) is 0 Å². The van der Waals surface area contributed by atoms with E-state index >= 15 is 0 Å². The van der Waals surface area contributed by atoms with Crippen molar-refractivity contribution < 1.29 is 4.79 Å². The average Bonchev–Trinajstić information content (AvgIpc) is 2.37. The van der Waals surface area contributed by atoms with E-state index < -0.39 is 0 Å². The molecule has 1 aliphatic heterocycles. The second-order valence-electron chi connectivity index (χ2n) is 6.64. The van der Waals surface area contributed by atoms with Crippen molar-refractivity contribution in [3.05, 3.63) is 35.9 Å². The second kappa shape index (κ2) is 6.22. The van der Waals surface area contributed by atoms with Gasteiger partial charge in [-0.1, -0.05) is 42.1 Å². The topological polar surface area (TPSA) is 32.7 Å². The van der Waals surface area contributed by atoms with E-state index in [2.05, 4.69) is 20.8 Å². The van der Waals surface area contributed by atoms with Crippen LogP contribution in [0.2, 0.25) is 0 Å². The third-order valence-corrected chi connectivity index (χ3v) is 4.32. The Hall–Kier alpha value is -1.29. The molecule has 1 unspecified atom stereocenters. The molecule has 0 aliphatic carbocycles. The monoisotopic (exact) mass is 304 g/mol. The summed E-state index contributed by atoms with van der Waals surface area (Å²) >= 11 is 1.69. The zero-order chi connectivity index (χ0) is 15.6. The second-order valence-corrected chi connectivity index (χ2v) is 7.63. The minimum Gasteiger partial charge on any atom is -0.288 e. The number of aliphatic imine (C=N–C) groups is 1. The molecule has 1 saturated heterocycles. The minimum absolute atomic E-state index is 0.0717. The summed E-state index contributed by atoms with van der Waals surface area (Å²) in [4.78, 5) is 19.5. The molecule has 0 saturated carbocycles. The zero-order valence-corrected chi connectivity index (χ0v) is 14.3. The number of thioether (sulfide) groups is 1. The smallest absolute Gasteiger partial charge is 0.237 e. The Labute approximate surface area is 131 Å². The lowest BCUT2D eigenvalue weighted by Gasteiger charge is -2.36. The van der Waals surface area contributed by atoms with E-state index in [9.17, 15) is 4.79 Å². The summed E-state index contributed by atoms with van der Waals surface area (Å²) in [6.45, 7) is 10.3. The van der Waals surface area contributed by atoms with Crippen LogP contribution in [0.15, 0.2) is 35.3 Å². The number of rotatable bonds is 2. The number of amidine groups is 1. The van der Waals surface area contributed by atoms with Crippen LogP contribution in [0.25, 0.3) is 0 Å². The number of carbonyl (C=O) groups is 1. The van der Waals surface area contributed by atoms with Crippen LogP contribution >= 0.6 is 11.8 Å². The van der Waals surface area contributed by atoms with Gasteiger partial charge in [-0.25, -0.2) is 0 Å². The fourth-order valence-corrected chi connectivity index (χ4v) is 3.76. The Balaban J connectivity index is 2.32. The number of amides is 1. The largest absolute Gasteiger partial charge is 0.288 e. The number of carbonyl (C=O) groups excluding carboxylic acids is 1. The van der Waals surface area contributed by atoms with E-state index in [1.807, 2.05) is 49.1 Å². The molecule has 21 heavy (non-hydrogen) atoms. The quantitative estimate of drug-likeness (QED) is 0.830. The maximum atomic E-state index is 12.9. The fourth-order valence-electron chi connectivity index (χ4n) is 2.33. The Morgan fingerprint density at radius 2 is 1.86 bits per heavy atom. The first-order valence-corrected chi connectivity index (χ1v) is 8.39. The van der Waals surface area contributed by atoms with Crippen LogP contribution in [0, 0.1) is 0 Å². The van der Waals surface area contributed by atoms with Crippen molar-refractivity contribution in [1.29, 1.82) is 0 Å². The Bertz CT molecular complexity index is 531. The van der Waals surface area contributed by atoms with Crippen LogP contribution in [0.5, 0.6) is 0 Å². The molecular formula is C17H24N2OS. The van der Waals surface area contributed by atoms with Gasteiger partial charge in [0.15, 0.2) is 5.17 Å². The molecule has 0 radical (unpaired) electrons. The van der Waals surface area contributed by atoms with E-state index in [0.29, 0.717) is 0 Å². The molecule has 4 heteroatoms. The lowest BCUT2D eigenvalue weighted by atomic mass is 9.99. The molecule has 1 aliphatic rings. The summed E-state index contributed by atoms with van der Waals surface area (Å²) in [5.74, 6) is 0.858. The summed E-state index contributed by atoms with van der Waals surface area (Å²) in [6.07, 6.45) is 0. The first-order chi connectivity index (χ1) is 9.79. The number of nitrogens with zero attached hydrogens (tertiary/aromatic N) is 2. The summed E-state index contributed by atoms with van der Waals surface area (Å²) in [6, 6.07) is 10.2. The van der Waals surface area contributed by atoms with Crippen LogP contribution in [-0.2, 0) is 4.79 Å². The molecule has 0 N–H and O–H groups in total. The fraction of sp³-hybridized carbons (Fsp3) is 0.529. The van der Waals surface area contributed by atoms with Crippen molar-refractivity contribution in [2.75, 3.05) is 5.75 Å². The molecule has 3 nitrogen and oxygen atoms in total. The summed E-state index contributed by atoms with van der Waals surface area (Å²) in [5, 5.41) is 0.856. The molecule has 1 heterocycles. The summed E-state index contributed by atoms with van der Waals surface area (Å²) in [5.41, 5.74) is 0.922. The van der Waals surface area contributed by atoms with E-state index in [4.69, 9.17) is 4.99 Å². The van der Waals surface area contributed by atoms with Crippen molar-refractivity contribution in [3.8, 4) is 0 Å². The SMILES string of the molecule is CC(C)N1C(=O)C(c2ccccc2)CSC1=NC(C)(C)C. The lowest BCUT2D eigenvalue weighted by molar-refractivity contribution is -0.129. The average molecular weight is 304 g/mol. The Kier molecular flexibility index (Phi) is 4.77. The molecule has 1 aromatic carbocycles. The predicted molar refractivity (Wildman–Crippen MR) is 90.8 cm³/mol. The van der Waals surface area contributed by atoms with Gasteiger partial charge in [0.25, 0.3) is 0 Å². The van der Waals surface area contributed by atoms with Gasteiger partial charge in [0.2, 0.25) is 5.91 Å². The minimum atomic E-state index is -0.171. The standard InChI is InChI=1S/C17H24N2OS/c1-12(2)19-15(20)14(13-9-7-6-8-10-13)11-21-16(19)18-17(3,4)5/h6-10,12,14H,11H2,1-5H3. The van der Waals surface area contributed by atoms with E-state index in [-0.39, 0.29) is 23.4 Å². The highest BCUT2D eigenvalue weighted by Crippen LogP contribution is 2.33. The molecular weight excluding hydrogens is 280 g/mol. The zero-order valence-electron chi connectivity index (χ0n) is 13.5. The van der Waals surface area contributed by atoms with Gasteiger partial charge < -0.3 is 0 Å². The van der Waals surface area contributed by atoms with E-state index in [1.54, 1.807) is 11.8 Å². The highest BCUT2D eigenvalue weighted by molar-refractivity contribution is 8.14. The maximum Gasteiger partial charge on any atom is 0.237 e. The predicted octanol–water partition coefficient (Wildman–Crippen LogP) is 3.91. The van der Waals surface area contributed by atoms with Gasteiger partial charge in [-0.3, -0.25) is 14.7 Å². The molecule has 114 valence electrons. The highest BCUT2D eigenvalue weighted by Gasteiger charge is 2.36. The Morgan fingerprint density at radius 3 is 2.38 bits per heavy atom. The van der Waals surface area contributed by atoms with Crippen LogP contribution in [-0.4, -0.2) is 33.3 Å². The van der Waals surface area contributed by atoms with E-state index in [1.165, 1.54) is 0 Å². The van der Waals surface area contributed by atoms with Gasteiger partial charge in [-0.2, -0.15) is 0 Å². The van der Waals surface area contributed by atoms with Gasteiger partial charge in [-0.15, -0.1) is 0 Å². The van der Waals surface area contributed by atoms with Crippen molar-refractivity contribution in [2.45, 2.75) is 52.1 Å². The molecule has 1 atom stereocenters. The molecule has 0 bridgehead atoms. The van der Waals surface area contributed by atoms with Crippen molar-refractivity contribution in [1.82, 2.24) is 4.90 Å². The normalized spacial score (nSPS) is 22.2. The van der Waals surface area contributed by atoms with Gasteiger partial charge in [0.05, 0.1) is 11.5 Å². The van der Waals surface area contributed by atoms with E-state index in [0.717, 1.165) is 16.5 Å². The number of benzene rings is 1.